The molecule has 118 valence electrons. The van der Waals surface area contributed by atoms with Gasteiger partial charge in [0.1, 0.15) is 0 Å². The van der Waals surface area contributed by atoms with Crippen molar-refractivity contribution in [1.82, 2.24) is 5.32 Å². The molecular formula is C13H19BrN2O4S. The lowest BCUT2D eigenvalue weighted by Gasteiger charge is -2.10. The maximum absolute atomic E-state index is 12.0. The van der Waals surface area contributed by atoms with Gasteiger partial charge in [-0.2, -0.15) is 0 Å². The number of amides is 1. The van der Waals surface area contributed by atoms with E-state index in [9.17, 15) is 13.2 Å². The van der Waals surface area contributed by atoms with Gasteiger partial charge in [-0.1, -0.05) is 13.8 Å². The van der Waals surface area contributed by atoms with E-state index in [0.29, 0.717) is 30.1 Å². The van der Waals surface area contributed by atoms with Crippen molar-refractivity contribution in [2.45, 2.75) is 18.7 Å². The van der Waals surface area contributed by atoms with Gasteiger partial charge < -0.3 is 10.1 Å². The number of primary sulfonamides is 1. The van der Waals surface area contributed by atoms with Crippen LogP contribution in [0.25, 0.3) is 0 Å². The van der Waals surface area contributed by atoms with Crippen LogP contribution >= 0.6 is 15.9 Å². The molecule has 0 radical (unpaired) electrons. The molecule has 0 saturated carbocycles. The molecule has 0 aliphatic heterocycles. The Morgan fingerprint density at radius 3 is 2.67 bits per heavy atom. The highest BCUT2D eigenvalue weighted by Crippen LogP contribution is 2.20. The number of carbonyl (C=O) groups is 1. The Morgan fingerprint density at radius 2 is 2.10 bits per heavy atom. The van der Waals surface area contributed by atoms with Crippen LogP contribution in [0.3, 0.4) is 0 Å². The third kappa shape index (κ3) is 6.13. The van der Waals surface area contributed by atoms with Crippen LogP contribution in [-0.2, 0) is 14.8 Å². The number of benzene rings is 1. The van der Waals surface area contributed by atoms with E-state index in [4.69, 9.17) is 9.88 Å². The Bertz CT molecular complexity index is 602. The second-order valence-electron chi connectivity index (χ2n) is 4.91. The van der Waals surface area contributed by atoms with Gasteiger partial charge in [-0.05, 0) is 40.0 Å². The van der Waals surface area contributed by atoms with Crippen LogP contribution in [0.1, 0.15) is 24.2 Å². The quantitative estimate of drug-likeness (QED) is 0.702. The summed E-state index contributed by atoms with van der Waals surface area (Å²) in [7, 11) is -3.84. The smallest absolute Gasteiger partial charge is 0.252 e. The summed E-state index contributed by atoms with van der Waals surface area (Å²) in [5, 5.41) is 7.71. The predicted octanol–water partition coefficient (Wildman–Crippen LogP) is 1.50. The number of nitrogens with two attached hydrogens (primary N) is 1. The van der Waals surface area contributed by atoms with E-state index >= 15 is 0 Å². The van der Waals surface area contributed by atoms with Crippen LogP contribution < -0.4 is 10.5 Å². The highest BCUT2D eigenvalue weighted by Gasteiger charge is 2.15. The highest BCUT2D eigenvalue weighted by molar-refractivity contribution is 9.10. The van der Waals surface area contributed by atoms with Crippen molar-refractivity contribution in [2.24, 2.45) is 11.1 Å². The molecule has 1 aromatic carbocycles. The first-order chi connectivity index (χ1) is 9.71. The molecule has 6 nitrogen and oxygen atoms in total. The molecule has 0 aliphatic rings. The number of hydrogen-bond donors (Lipinski definition) is 2. The normalized spacial score (nSPS) is 11.7. The van der Waals surface area contributed by atoms with Gasteiger partial charge in [0.2, 0.25) is 10.0 Å². The lowest BCUT2D eigenvalue weighted by atomic mass is 10.2. The summed E-state index contributed by atoms with van der Waals surface area (Å²) < 4.78 is 28.4. The summed E-state index contributed by atoms with van der Waals surface area (Å²) in [6.07, 6.45) is 0. The van der Waals surface area contributed by atoms with Crippen molar-refractivity contribution in [3.05, 3.63) is 28.2 Å². The fourth-order valence-electron chi connectivity index (χ4n) is 1.51. The molecule has 0 heterocycles. The summed E-state index contributed by atoms with van der Waals surface area (Å²) in [6.45, 7) is 5.44. The summed E-state index contributed by atoms with van der Waals surface area (Å²) in [5.41, 5.74) is 0.213. The van der Waals surface area contributed by atoms with Crippen LogP contribution in [0, 0.1) is 5.92 Å². The molecule has 0 atom stereocenters. The molecule has 0 unspecified atom stereocenters. The van der Waals surface area contributed by atoms with Gasteiger partial charge in [-0.25, -0.2) is 13.6 Å². The average molecular weight is 379 g/mol. The van der Waals surface area contributed by atoms with Crippen molar-refractivity contribution in [1.29, 1.82) is 0 Å². The van der Waals surface area contributed by atoms with Crippen molar-refractivity contribution >= 4 is 31.9 Å². The van der Waals surface area contributed by atoms with E-state index in [-0.39, 0.29) is 16.4 Å². The fraction of sp³-hybridized carbons (Fsp3) is 0.462. The van der Waals surface area contributed by atoms with Crippen LogP contribution in [0.5, 0.6) is 0 Å². The molecule has 1 rings (SSSR count). The van der Waals surface area contributed by atoms with Crippen LogP contribution in [-0.4, -0.2) is 34.1 Å². The van der Waals surface area contributed by atoms with E-state index in [1.807, 2.05) is 13.8 Å². The minimum absolute atomic E-state index is 0.105. The first-order valence-corrected chi connectivity index (χ1v) is 8.74. The standard InChI is InChI=1S/C13H19BrN2O4S/c1-9(2)8-20-6-5-16-13(17)11-7-10(21(15,18)19)3-4-12(11)14/h3-4,7,9H,5-6,8H2,1-2H3,(H,16,17)(H2,15,18,19). The molecule has 1 aromatic rings. The topological polar surface area (TPSA) is 98.5 Å². The van der Waals surface area contributed by atoms with Crippen molar-refractivity contribution in [2.75, 3.05) is 19.8 Å². The minimum atomic E-state index is -3.84. The maximum Gasteiger partial charge on any atom is 0.252 e. The SMILES string of the molecule is CC(C)COCCNC(=O)c1cc(S(N)(=O)=O)ccc1Br. The minimum Gasteiger partial charge on any atom is -0.379 e. The number of sulfonamides is 1. The second kappa shape index (κ2) is 7.88. The monoisotopic (exact) mass is 378 g/mol. The lowest BCUT2D eigenvalue weighted by molar-refractivity contribution is 0.0885. The Labute approximate surface area is 133 Å². The molecular weight excluding hydrogens is 360 g/mol. The number of hydrogen-bond acceptors (Lipinski definition) is 4. The third-order valence-corrected chi connectivity index (χ3v) is 4.10. The van der Waals surface area contributed by atoms with Crippen molar-refractivity contribution in [3.8, 4) is 0 Å². The molecule has 0 saturated heterocycles. The van der Waals surface area contributed by atoms with Gasteiger partial charge in [0, 0.05) is 17.6 Å². The average Bonchev–Trinajstić information content (AvgIpc) is 2.36. The van der Waals surface area contributed by atoms with E-state index < -0.39 is 10.0 Å². The van der Waals surface area contributed by atoms with E-state index in [0.717, 1.165) is 0 Å². The Kier molecular flexibility index (Phi) is 6.79. The first-order valence-electron chi connectivity index (χ1n) is 6.40. The third-order valence-electron chi connectivity index (χ3n) is 2.49. The first kappa shape index (κ1) is 18.1. The largest absolute Gasteiger partial charge is 0.379 e. The number of nitrogens with one attached hydrogen (secondary N) is 1. The summed E-state index contributed by atoms with van der Waals surface area (Å²) in [4.78, 5) is 11.9. The Hall–Kier alpha value is -0.960. The highest BCUT2D eigenvalue weighted by atomic mass is 79.9. The van der Waals surface area contributed by atoms with Gasteiger partial charge >= 0.3 is 0 Å². The molecule has 1 amide bonds. The Morgan fingerprint density at radius 1 is 1.43 bits per heavy atom. The summed E-state index contributed by atoms with van der Waals surface area (Å²) in [5.74, 6) is 0.0433. The van der Waals surface area contributed by atoms with E-state index in [2.05, 4.69) is 21.2 Å². The number of rotatable bonds is 7. The lowest BCUT2D eigenvalue weighted by Crippen LogP contribution is -2.28. The predicted molar refractivity (Wildman–Crippen MR) is 83.5 cm³/mol. The van der Waals surface area contributed by atoms with Gasteiger partial charge in [-0.15, -0.1) is 0 Å². The molecule has 0 aliphatic carbocycles. The van der Waals surface area contributed by atoms with Crippen LogP contribution in [0.15, 0.2) is 27.6 Å². The van der Waals surface area contributed by atoms with E-state index in [1.165, 1.54) is 18.2 Å². The Balaban J connectivity index is 2.66. The maximum atomic E-state index is 12.0. The molecule has 0 bridgehead atoms. The molecule has 0 fully saturated rings. The molecule has 3 N–H and O–H groups in total. The van der Waals surface area contributed by atoms with Crippen LogP contribution in [0.4, 0.5) is 0 Å². The van der Waals surface area contributed by atoms with Crippen molar-refractivity contribution < 1.29 is 17.9 Å². The number of ether oxygens (including phenoxy) is 1. The van der Waals surface area contributed by atoms with E-state index in [1.54, 1.807) is 0 Å². The zero-order valence-corrected chi connectivity index (χ0v) is 14.3. The number of carbonyl (C=O) groups excluding carboxylic acids is 1. The van der Waals surface area contributed by atoms with Gasteiger partial charge in [0.05, 0.1) is 17.1 Å². The molecule has 21 heavy (non-hydrogen) atoms. The summed E-state index contributed by atoms with van der Waals surface area (Å²) in [6, 6.07) is 4.05. The van der Waals surface area contributed by atoms with Crippen LogP contribution in [0.2, 0.25) is 0 Å². The zero-order chi connectivity index (χ0) is 16.0. The zero-order valence-electron chi connectivity index (χ0n) is 11.9. The van der Waals surface area contributed by atoms with Gasteiger partial charge in [-0.3, -0.25) is 4.79 Å². The second-order valence-corrected chi connectivity index (χ2v) is 7.33. The molecule has 0 aromatic heterocycles. The molecule has 8 heteroatoms. The molecule has 0 spiro atoms. The van der Waals surface area contributed by atoms with Gasteiger partial charge in [0.15, 0.2) is 0 Å². The fourth-order valence-corrected chi connectivity index (χ4v) is 2.47. The number of halogens is 1. The summed E-state index contributed by atoms with van der Waals surface area (Å²) >= 11 is 3.21. The van der Waals surface area contributed by atoms with Gasteiger partial charge in [0.25, 0.3) is 5.91 Å². The van der Waals surface area contributed by atoms with Crippen molar-refractivity contribution in [3.63, 3.8) is 0 Å².